The normalized spacial score (nSPS) is 15.4. The van der Waals surface area contributed by atoms with Crippen LogP contribution in [0.5, 0.6) is 5.75 Å². The number of likely N-dealkylation sites (tertiary alicyclic amines) is 1. The van der Waals surface area contributed by atoms with Gasteiger partial charge in [-0.25, -0.2) is 0 Å². The van der Waals surface area contributed by atoms with E-state index in [1.807, 2.05) is 4.90 Å². The molecule has 0 unspecified atom stereocenters. The number of hydrogen-bond acceptors (Lipinski definition) is 4. The molecule has 0 atom stereocenters. The highest BCUT2D eigenvalue weighted by atomic mass is 127. The zero-order valence-electron chi connectivity index (χ0n) is 14.8. The molecule has 6 nitrogen and oxygen atoms in total. The summed E-state index contributed by atoms with van der Waals surface area (Å²) >= 11 is 0. The van der Waals surface area contributed by atoms with Gasteiger partial charge in [0, 0.05) is 32.2 Å². The highest BCUT2D eigenvalue weighted by Crippen LogP contribution is 2.21. The van der Waals surface area contributed by atoms with Crippen molar-refractivity contribution in [3.8, 4) is 5.75 Å². The third kappa shape index (κ3) is 6.26. The molecular formula is C17H24F2IN3O3. The van der Waals surface area contributed by atoms with Gasteiger partial charge < -0.3 is 19.7 Å². The molecule has 0 saturated carbocycles. The number of halogens is 3. The van der Waals surface area contributed by atoms with E-state index in [1.165, 1.54) is 13.2 Å². The molecule has 1 aliphatic rings. The Morgan fingerprint density at radius 2 is 2.00 bits per heavy atom. The minimum absolute atomic E-state index is 0. The van der Waals surface area contributed by atoms with Gasteiger partial charge in [-0.2, -0.15) is 8.78 Å². The van der Waals surface area contributed by atoms with Crippen LogP contribution in [0.4, 0.5) is 8.78 Å². The number of ether oxygens (including phenoxy) is 2. The SMILES string of the molecule is CN=C(NCc1ccccc1OC(F)F)N1CCC(C(=O)OC)CC1.I. The van der Waals surface area contributed by atoms with Gasteiger partial charge in [0.25, 0.3) is 0 Å². The van der Waals surface area contributed by atoms with Gasteiger partial charge in [0.15, 0.2) is 5.96 Å². The molecule has 1 fully saturated rings. The summed E-state index contributed by atoms with van der Waals surface area (Å²) in [5, 5.41) is 3.16. The van der Waals surface area contributed by atoms with Crippen LogP contribution in [0.15, 0.2) is 29.3 Å². The number of piperidine rings is 1. The summed E-state index contributed by atoms with van der Waals surface area (Å²) in [5.41, 5.74) is 0.619. The first-order valence-corrected chi connectivity index (χ1v) is 8.11. The number of methoxy groups -OCH3 is 1. The zero-order chi connectivity index (χ0) is 18.2. The fourth-order valence-corrected chi connectivity index (χ4v) is 2.86. The monoisotopic (exact) mass is 483 g/mol. The maximum Gasteiger partial charge on any atom is 0.387 e. The number of aliphatic imine (C=N–C) groups is 1. The van der Waals surface area contributed by atoms with Crippen LogP contribution in [-0.2, 0) is 16.1 Å². The molecule has 0 bridgehead atoms. The number of nitrogens with one attached hydrogen (secondary N) is 1. The Balaban J connectivity index is 0.00000338. The van der Waals surface area contributed by atoms with Gasteiger partial charge in [0.05, 0.1) is 13.0 Å². The summed E-state index contributed by atoms with van der Waals surface area (Å²) in [6.45, 7) is -1.20. The molecule has 0 aromatic heterocycles. The number of guanidine groups is 1. The summed E-state index contributed by atoms with van der Waals surface area (Å²) in [4.78, 5) is 17.9. The van der Waals surface area contributed by atoms with Gasteiger partial charge in [0.2, 0.25) is 0 Å². The summed E-state index contributed by atoms with van der Waals surface area (Å²) in [6, 6.07) is 6.64. The van der Waals surface area contributed by atoms with Crippen molar-refractivity contribution in [2.24, 2.45) is 10.9 Å². The Morgan fingerprint density at radius 3 is 2.58 bits per heavy atom. The van der Waals surface area contributed by atoms with Crippen molar-refractivity contribution in [2.45, 2.75) is 26.0 Å². The fraction of sp³-hybridized carbons (Fsp3) is 0.529. The Labute approximate surface area is 169 Å². The average Bonchev–Trinajstić information content (AvgIpc) is 2.63. The van der Waals surface area contributed by atoms with Crippen molar-refractivity contribution >= 4 is 35.9 Å². The highest BCUT2D eigenvalue weighted by molar-refractivity contribution is 14.0. The molecular weight excluding hydrogens is 459 g/mol. The first-order chi connectivity index (χ1) is 12.0. The van der Waals surface area contributed by atoms with Crippen molar-refractivity contribution in [1.29, 1.82) is 0 Å². The van der Waals surface area contributed by atoms with Crippen molar-refractivity contribution in [3.63, 3.8) is 0 Å². The lowest BCUT2D eigenvalue weighted by atomic mass is 9.97. The van der Waals surface area contributed by atoms with Crippen LogP contribution in [0.25, 0.3) is 0 Å². The fourth-order valence-electron chi connectivity index (χ4n) is 2.86. The topological polar surface area (TPSA) is 63.2 Å². The van der Waals surface area contributed by atoms with Crippen LogP contribution in [0.2, 0.25) is 0 Å². The molecule has 1 aliphatic heterocycles. The summed E-state index contributed by atoms with van der Waals surface area (Å²) in [7, 11) is 3.06. The van der Waals surface area contributed by atoms with Crippen molar-refractivity contribution in [2.75, 3.05) is 27.2 Å². The predicted octanol–water partition coefficient (Wildman–Crippen LogP) is 2.87. The smallest absolute Gasteiger partial charge is 0.387 e. The van der Waals surface area contributed by atoms with Crippen molar-refractivity contribution in [1.82, 2.24) is 10.2 Å². The van der Waals surface area contributed by atoms with E-state index in [9.17, 15) is 13.6 Å². The van der Waals surface area contributed by atoms with Crippen LogP contribution in [0.3, 0.4) is 0 Å². The second kappa shape index (κ2) is 11.1. The quantitative estimate of drug-likeness (QED) is 0.302. The standard InChI is InChI=1S/C17H23F2N3O3.HI/c1-20-17(22-9-7-12(8-10-22)15(23)24-2)21-11-13-5-3-4-6-14(13)25-16(18)19;/h3-6,12,16H,7-11H2,1-2H3,(H,20,21);1H. The largest absolute Gasteiger partial charge is 0.469 e. The van der Waals surface area contributed by atoms with E-state index in [-0.39, 0.29) is 41.6 Å². The molecule has 1 saturated heterocycles. The number of carbonyl (C=O) groups excluding carboxylic acids is 1. The molecule has 0 amide bonds. The van der Waals surface area contributed by atoms with Crippen LogP contribution < -0.4 is 10.1 Å². The molecule has 1 aromatic carbocycles. The Morgan fingerprint density at radius 1 is 1.35 bits per heavy atom. The van der Waals surface area contributed by atoms with Crippen LogP contribution in [0, 0.1) is 5.92 Å². The summed E-state index contributed by atoms with van der Waals surface area (Å²) in [6.07, 6.45) is 1.39. The molecule has 2 rings (SSSR count). The maximum atomic E-state index is 12.5. The predicted molar refractivity (Wildman–Crippen MR) is 105 cm³/mol. The molecule has 1 heterocycles. The number of carbonyl (C=O) groups is 1. The Hall–Kier alpha value is -1.65. The van der Waals surface area contributed by atoms with E-state index >= 15 is 0 Å². The molecule has 1 N–H and O–H groups in total. The minimum atomic E-state index is -2.86. The second-order valence-corrected chi connectivity index (χ2v) is 5.67. The first kappa shape index (κ1) is 22.4. The van der Waals surface area contributed by atoms with E-state index in [1.54, 1.807) is 25.2 Å². The third-order valence-electron chi connectivity index (χ3n) is 4.17. The minimum Gasteiger partial charge on any atom is -0.469 e. The van der Waals surface area contributed by atoms with E-state index in [0.29, 0.717) is 44.0 Å². The number of alkyl halides is 2. The number of nitrogens with zero attached hydrogens (tertiary/aromatic N) is 2. The van der Waals surface area contributed by atoms with Gasteiger partial charge in [-0.3, -0.25) is 9.79 Å². The number of esters is 1. The van der Waals surface area contributed by atoms with Gasteiger partial charge in [-0.05, 0) is 18.9 Å². The molecule has 0 radical (unpaired) electrons. The van der Waals surface area contributed by atoms with Crippen LogP contribution >= 0.6 is 24.0 Å². The average molecular weight is 483 g/mol. The zero-order valence-corrected chi connectivity index (χ0v) is 17.1. The summed E-state index contributed by atoms with van der Waals surface area (Å²) < 4.78 is 34.3. The Bertz CT molecular complexity index is 609. The third-order valence-corrected chi connectivity index (χ3v) is 4.17. The second-order valence-electron chi connectivity index (χ2n) is 5.67. The molecule has 146 valence electrons. The van der Waals surface area contributed by atoms with Crippen molar-refractivity contribution < 1.29 is 23.0 Å². The molecule has 9 heteroatoms. The van der Waals surface area contributed by atoms with E-state index < -0.39 is 6.61 Å². The lowest BCUT2D eigenvalue weighted by molar-refractivity contribution is -0.146. The number of hydrogen-bond donors (Lipinski definition) is 1. The van der Waals surface area contributed by atoms with Gasteiger partial charge in [-0.15, -0.1) is 24.0 Å². The molecule has 0 spiro atoms. The van der Waals surface area contributed by atoms with E-state index in [2.05, 4.69) is 15.0 Å². The summed E-state index contributed by atoms with van der Waals surface area (Å²) in [5.74, 6) is 0.542. The van der Waals surface area contributed by atoms with Gasteiger partial charge >= 0.3 is 12.6 Å². The Kier molecular flexibility index (Phi) is 9.60. The van der Waals surface area contributed by atoms with Gasteiger partial charge in [0.1, 0.15) is 5.75 Å². The van der Waals surface area contributed by atoms with Crippen molar-refractivity contribution in [3.05, 3.63) is 29.8 Å². The highest BCUT2D eigenvalue weighted by Gasteiger charge is 2.27. The van der Waals surface area contributed by atoms with E-state index in [4.69, 9.17) is 4.74 Å². The number of para-hydroxylation sites is 1. The molecule has 0 aliphatic carbocycles. The van der Waals surface area contributed by atoms with E-state index in [0.717, 1.165) is 0 Å². The van der Waals surface area contributed by atoms with Crippen LogP contribution in [-0.4, -0.2) is 50.7 Å². The lowest BCUT2D eigenvalue weighted by Crippen LogP contribution is -2.46. The van der Waals surface area contributed by atoms with Crippen LogP contribution in [0.1, 0.15) is 18.4 Å². The first-order valence-electron chi connectivity index (χ1n) is 8.11. The number of benzene rings is 1. The molecule has 26 heavy (non-hydrogen) atoms. The number of rotatable bonds is 5. The lowest BCUT2D eigenvalue weighted by Gasteiger charge is -2.33. The maximum absolute atomic E-state index is 12.5. The van der Waals surface area contributed by atoms with Gasteiger partial charge in [-0.1, -0.05) is 18.2 Å². The molecule has 1 aromatic rings.